The Bertz CT molecular complexity index is 1340. The maximum atomic E-state index is 15.2. The van der Waals surface area contributed by atoms with Crippen molar-refractivity contribution in [3.05, 3.63) is 56.3 Å². The van der Waals surface area contributed by atoms with Gasteiger partial charge in [-0.2, -0.15) is 0 Å². The van der Waals surface area contributed by atoms with E-state index in [1.54, 1.807) is 27.7 Å². The van der Waals surface area contributed by atoms with E-state index in [0.717, 1.165) is 17.3 Å². The number of carbonyl (C=O) groups is 2. The maximum absolute atomic E-state index is 15.2. The molecule has 0 bridgehead atoms. The topological polar surface area (TPSA) is 119 Å². The zero-order valence-corrected chi connectivity index (χ0v) is 23.7. The fourth-order valence-corrected chi connectivity index (χ4v) is 5.35. The predicted molar refractivity (Wildman–Crippen MR) is 144 cm³/mol. The minimum absolute atomic E-state index is 0.00798. The van der Waals surface area contributed by atoms with Crippen LogP contribution in [0.2, 0.25) is 0 Å². The first-order chi connectivity index (χ1) is 18.2. The summed E-state index contributed by atoms with van der Waals surface area (Å²) >= 11 is 0. The molecule has 2 aromatic rings. The predicted octanol–water partition coefficient (Wildman–Crippen LogP) is 4.94. The molecule has 1 aromatic heterocycles. The van der Waals surface area contributed by atoms with Gasteiger partial charge >= 0.3 is 6.09 Å². The van der Waals surface area contributed by atoms with Crippen LogP contribution in [0, 0.1) is 32.5 Å². The molecule has 2 aliphatic rings. The Morgan fingerprint density at radius 3 is 2.36 bits per heavy atom. The van der Waals surface area contributed by atoms with Gasteiger partial charge in [-0.3, -0.25) is 9.59 Å². The van der Waals surface area contributed by atoms with Gasteiger partial charge in [0.2, 0.25) is 5.75 Å². The lowest BCUT2D eigenvalue weighted by Gasteiger charge is -2.37. The van der Waals surface area contributed by atoms with Gasteiger partial charge in [0.1, 0.15) is 5.60 Å². The van der Waals surface area contributed by atoms with Gasteiger partial charge in [-0.15, -0.1) is 0 Å². The molecule has 1 atom stereocenters. The van der Waals surface area contributed by atoms with E-state index >= 15 is 4.39 Å². The van der Waals surface area contributed by atoms with Crippen molar-refractivity contribution in [2.45, 2.75) is 98.1 Å². The first-order valence-electron chi connectivity index (χ1n) is 13.3. The molecular formula is C29H38FN3O6. The molecule has 39 heavy (non-hydrogen) atoms. The summed E-state index contributed by atoms with van der Waals surface area (Å²) in [7, 11) is 0. The summed E-state index contributed by atoms with van der Waals surface area (Å²) in [5, 5.41) is 5.65. The molecule has 0 saturated heterocycles. The second kappa shape index (κ2) is 10.5. The number of nitrogens with one attached hydrogen (secondary N) is 3. The van der Waals surface area contributed by atoms with Crippen molar-refractivity contribution in [1.82, 2.24) is 15.6 Å². The molecule has 1 saturated carbocycles. The third kappa shape index (κ3) is 6.20. The summed E-state index contributed by atoms with van der Waals surface area (Å²) in [4.78, 5) is 40.2. The largest absolute Gasteiger partial charge is 0.448 e. The van der Waals surface area contributed by atoms with E-state index in [0.29, 0.717) is 36.8 Å². The number of H-pyrrole nitrogens is 1. The Labute approximate surface area is 227 Å². The molecule has 3 N–H and O–H groups in total. The van der Waals surface area contributed by atoms with Crippen molar-refractivity contribution in [3.8, 4) is 11.5 Å². The van der Waals surface area contributed by atoms with E-state index in [1.165, 1.54) is 0 Å². The van der Waals surface area contributed by atoms with Crippen LogP contribution in [0.3, 0.4) is 0 Å². The molecule has 1 aliphatic heterocycles. The zero-order valence-electron chi connectivity index (χ0n) is 23.7. The van der Waals surface area contributed by atoms with Gasteiger partial charge in [0.05, 0.1) is 0 Å². The summed E-state index contributed by atoms with van der Waals surface area (Å²) in [5.41, 5.74) is 1.67. The third-order valence-electron chi connectivity index (χ3n) is 7.40. The Kier molecular flexibility index (Phi) is 7.69. The molecule has 1 aromatic carbocycles. The Morgan fingerprint density at radius 2 is 1.74 bits per heavy atom. The molecule has 10 heteroatoms. The van der Waals surface area contributed by atoms with E-state index in [-0.39, 0.29) is 41.1 Å². The highest BCUT2D eigenvalue weighted by molar-refractivity contribution is 5.96. The SMILES string of the molecule is Cc1cc(C)c(CNC(=O)c2cc(F)c3c(c2C)OC(C)([C@H]2CC[C@H](NC(=O)OC(C)(C)C)CC2)O3)c(=O)[nH]1. The van der Waals surface area contributed by atoms with Crippen molar-refractivity contribution >= 4 is 12.0 Å². The molecule has 1 fully saturated rings. The Balaban J connectivity index is 1.42. The molecule has 9 nitrogen and oxygen atoms in total. The monoisotopic (exact) mass is 543 g/mol. The van der Waals surface area contributed by atoms with Crippen LogP contribution < -0.4 is 25.7 Å². The van der Waals surface area contributed by atoms with E-state index in [1.807, 2.05) is 26.8 Å². The third-order valence-corrected chi connectivity index (χ3v) is 7.40. The minimum Gasteiger partial charge on any atom is -0.448 e. The van der Waals surface area contributed by atoms with Crippen LogP contribution in [0.5, 0.6) is 11.5 Å². The fraction of sp³-hybridized carbons (Fsp3) is 0.552. The van der Waals surface area contributed by atoms with Crippen molar-refractivity contribution in [2.24, 2.45) is 5.92 Å². The van der Waals surface area contributed by atoms with Crippen LogP contribution in [-0.4, -0.2) is 34.4 Å². The number of aryl methyl sites for hydroxylation is 2. The molecular weight excluding hydrogens is 505 g/mol. The molecule has 1 unspecified atom stereocenters. The average Bonchev–Trinajstić information content (AvgIpc) is 3.19. The maximum Gasteiger partial charge on any atom is 0.407 e. The number of hydrogen-bond donors (Lipinski definition) is 3. The first kappa shape index (κ1) is 28.4. The van der Waals surface area contributed by atoms with Gasteiger partial charge < -0.3 is 29.8 Å². The lowest BCUT2D eigenvalue weighted by atomic mass is 9.81. The number of alkyl carbamates (subject to hydrolysis) is 1. The molecule has 1 aliphatic carbocycles. The fourth-order valence-electron chi connectivity index (χ4n) is 5.35. The first-order valence-corrected chi connectivity index (χ1v) is 13.3. The lowest BCUT2D eigenvalue weighted by molar-refractivity contribution is -0.122. The van der Waals surface area contributed by atoms with Crippen LogP contribution in [0.4, 0.5) is 9.18 Å². The standard InChI is InChI=1S/C29H38FN3O6/c1-15-12-16(2)32-26(35)21(15)14-31-25(34)20-13-22(30)24-23(17(20)3)37-29(7,38-24)18-8-10-19(11-9-18)33-27(36)39-28(4,5)6/h12-13,18-19H,8-11,14H2,1-7H3,(H,31,34)(H,32,35)(H,33,36)/t18-,19-,29?. The zero-order chi connectivity index (χ0) is 28.7. The van der Waals surface area contributed by atoms with Crippen LogP contribution in [0.15, 0.2) is 16.9 Å². The van der Waals surface area contributed by atoms with E-state index in [9.17, 15) is 14.4 Å². The quantitative estimate of drug-likeness (QED) is 0.492. The van der Waals surface area contributed by atoms with Crippen molar-refractivity contribution in [1.29, 1.82) is 0 Å². The number of aromatic amines is 1. The van der Waals surface area contributed by atoms with Crippen molar-refractivity contribution < 1.29 is 28.2 Å². The van der Waals surface area contributed by atoms with Gasteiger partial charge in [-0.05, 0) is 84.9 Å². The number of halogens is 1. The van der Waals surface area contributed by atoms with Crippen LogP contribution in [0.1, 0.15) is 86.1 Å². The molecule has 4 rings (SSSR count). The van der Waals surface area contributed by atoms with E-state index in [4.69, 9.17) is 14.2 Å². The Morgan fingerprint density at radius 1 is 1.10 bits per heavy atom. The van der Waals surface area contributed by atoms with Gasteiger partial charge in [-0.25, -0.2) is 9.18 Å². The summed E-state index contributed by atoms with van der Waals surface area (Å²) in [6, 6.07) is 2.95. The lowest BCUT2D eigenvalue weighted by Crippen LogP contribution is -2.48. The summed E-state index contributed by atoms with van der Waals surface area (Å²) in [6.45, 7) is 12.5. The number of ether oxygens (including phenoxy) is 3. The number of benzene rings is 1. The van der Waals surface area contributed by atoms with Gasteiger partial charge in [0, 0.05) is 47.8 Å². The number of fused-ring (bicyclic) bond motifs is 1. The van der Waals surface area contributed by atoms with Gasteiger partial charge in [-0.1, -0.05) is 0 Å². The Hall–Kier alpha value is -3.56. The van der Waals surface area contributed by atoms with Gasteiger partial charge in [0.15, 0.2) is 11.6 Å². The highest BCUT2D eigenvalue weighted by atomic mass is 19.1. The highest BCUT2D eigenvalue weighted by Crippen LogP contribution is 2.49. The smallest absolute Gasteiger partial charge is 0.407 e. The number of rotatable bonds is 5. The molecule has 2 amide bonds. The molecule has 0 radical (unpaired) electrons. The molecule has 0 spiro atoms. The number of hydrogen-bond acceptors (Lipinski definition) is 6. The van der Waals surface area contributed by atoms with Crippen molar-refractivity contribution in [2.75, 3.05) is 0 Å². The summed E-state index contributed by atoms with van der Waals surface area (Å²) in [5.74, 6) is -2.15. The summed E-state index contributed by atoms with van der Waals surface area (Å²) < 4.78 is 32.8. The second-order valence-corrected chi connectivity index (χ2v) is 11.7. The molecule has 2 heterocycles. The molecule has 212 valence electrons. The van der Waals surface area contributed by atoms with E-state index in [2.05, 4.69) is 15.6 Å². The highest BCUT2D eigenvalue weighted by Gasteiger charge is 2.48. The number of pyridine rings is 1. The number of aromatic nitrogens is 1. The van der Waals surface area contributed by atoms with E-state index < -0.39 is 29.2 Å². The summed E-state index contributed by atoms with van der Waals surface area (Å²) in [6.07, 6.45) is 2.36. The number of carbonyl (C=O) groups excluding carboxylic acids is 2. The average molecular weight is 544 g/mol. The second-order valence-electron chi connectivity index (χ2n) is 11.7. The van der Waals surface area contributed by atoms with Crippen LogP contribution in [-0.2, 0) is 11.3 Å². The van der Waals surface area contributed by atoms with Crippen molar-refractivity contribution in [3.63, 3.8) is 0 Å². The normalized spacial score (nSPS) is 22.4. The van der Waals surface area contributed by atoms with Gasteiger partial charge in [0.25, 0.3) is 17.3 Å². The van der Waals surface area contributed by atoms with Crippen LogP contribution >= 0.6 is 0 Å². The minimum atomic E-state index is -1.10. The number of amides is 2. The van der Waals surface area contributed by atoms with Crippen LogP contribution in [0.25, 0.3) is 0 Å².